The third kappa shape index (κ3) is 2.86. The minimum atomic E-state index is 0.450. The van der Waals surface area contributed by atoms with Gasteiger partial charge in [-0.1, -0.05) is 48.5 Å². The van der Waals surface area contributed by atoms with Crippen molar-refractivity contribution in [3.8, 4) is 0 Å². The first-order chi connectivity index (χ1) is 9.24. The van der Waals surface area contributed by atoms with Crippen LogP contribution in [0, 0.1) is 0 Å². The molecule has 1 aromatic rings. The van der Waals surface area contributed by atoms with E-state index < -0.39 is 0 Å². The van der Waals surface area contributed by atoms with Gasteiger partial charge in [-0.05, 0) is 24.9 Å². The first kappa shape index (κ1) is 13.2. The maximum atomic E-state index is 6.06. The molecule has 2 aliphatic rings. The van der Waals surface area contributed by atoms with Crippen LogP contribution in [0.3, 0.4) is 0 Å². The van der Waals surface area contributed by atoms with E-state index in [-0.39, 0.29) is 0 Å². The SMILES string of the molecule is C=C(Cl)CN1CC2CCCN2CC1c1ccccc1. The van der Waals surface area contributed by atoms with E-state index >= 15 is 0 Å². The van der Waals surface area contributed by atoms with Crippen LogP contribution in [0.25, 0.3) is 0 Å². The number of halogens is 1. The minimum Gasteiger partial charge on any atom is -0.297 e. The van der Waals surface area contributed by atoms with Crippen molar-refractivity contribution in [3.63, 3.8) is 0 Å². The third-order valence-electron chi connectivity index (χ3n) is 4.35. The molecular weight excluding hydrogens is 256 g/mol. The molecule has 0 aliphatic carbocycles. The molecule has 1 aromatic carbocycles. The first-order valence-corrected chi connectivity index (χ1v) is 7.48. The number of hydrogen-bond donors (Lipinski definition) is 0. The van der Waals surface area contributed by atoms with Crippen LogP contribution in [-0.4, -0.2) is 42.0 Å². The van der Waals surface area contributed by atoms with Gasteiger partial charge in [0.2, 0.25) is 0 Å². The molecule has 2 nitrogen and oxygen atoms in total. The van der Waals surface area contributed by atoms with Gasteiger partial charge in [-0.3, -0.25) is 9.80 Å². The van der Waals surface area contributed by atoms with Gasteiger partial charge < -0.3 is 0 Å². The van der Waals surface area contributed by atoms with Crippen LogP contribution < -0.4 is 0 Å². The predicted molar refractivity (Wildman–Crippen MR) is 80.3 cm³/mol. The highest BCUT2D eigenvalue weighted by molar-refractivity contribution is 6.29. The summed E-state index contributed by atoms with van der Waals surface area (Å²) < 4.78 is 0. The molecule has 2 saturated heterocycles. The fourth-order valence-corrected chi connectivity index (χ4v) is 3.62. The molecule has 0 spiro atoms. The van der Waals surface area contributed by atoms with Crippen molar-refractivity contribution in [2.24, 2.45) is 0 Å². The molecule has 0 aromatic heterocycles. The van der Waals surface area contributed by atoms with E-state index in [4.69, 9.17) is 11.6 Å². The van der Waals surface area contributed by atoms with Gasteiger partial charge in [-0.15, -0.1) is 0 Å². The Morgan fingerprint density at radius 1 is 1.26 bits per heavy atom. The van der Waals surface area contributed by atoms with Gasteiger partial charge >= 0.3 is 0 Å². The Labute approximate surface area is 120 Å². The van der Waals surface area contributed by atoms with Crippen LogP contribution in [0.15, 0.2) is 41.9 Å². The van der Waals surface area contributed by atoms with E-state index in [1.165, 1.54) is 24.9 Å². The molecule has 3 heteroatoms. The van der Waals surface area contributed by atoms with Crippen LogP contribution in [0.1, 0.15) is 24.4 Å². The van der Waals surface area contributed by atoms with Crippen molar-refractivity contribution in [2.45, 2.75) is 24.9 Å². The number of benzene rings is 1. The summed E-state index contributed by atoms with van der Waals surface area (Å²) in [6.07, 6.45) is 2.66. The van der Waals surface area contributed by atoms with Crippen molar-refractivity contribution in [1.82, 2.24) is 9.80 Å². The summed E-state index contributed by atoms with van der Waals surface area (Å²) in [6.45, 7) is 8.16. The van der Waals surface area contributed by atoms with Gasteiger partial charge in [0.25, 0.3) is 0 Å². The van der Waals surface area contributed by atoms with Crippen LogP contribution in [0.2, 0.25) is 0 Å². The summed E-state index contributed by atoms with van der Waals surface area (Å²) in [4.78, 5) is 5.14. The van der Waals surface area contributed by atoms with E-state index in [9.17, 15) is 0 Å². The molecular formula is C16H21ClN2. The smallest absolute Gasteiger partial charge is 0.0479 e. The summed E-state index contributed by atoms with van der Waals surface area (Å²) in [6, 6.07) is 12.0. The van der Waals surface area contributed by atoms with Gasteiger partial charge in [0.15, 0.2) is 0 Å². The Morgan fingerprint density at radius 2 is 2.05 bits per heavy atom. The Morgan fingerprint density at radius 3 is 2.79 bits per heavy atom. The van der Waals surface area contributed by atoms with E-state index in [2.05, 4.69) is 46.7 Å². The maximum absolute atomic E-state index is 6.06. The second-order valence-electron chi connectivity index (χ2n) is 5.66. The fourth-order valence-electron chi connectivity index (χ4n) is 3.46. The Bertz CT molecular complexity index is 445. The highest BCUT2D eigenvalue weighted by Gasteiger charge is 2.36. The summed E-state index contributed by atoms with van der Waals surface area (Å²) in [5.74, 6) is 0. The monoisotopic (exact) mass is 276 g/mol. The molecule has 2 unspecified atom stereocenters. The van der Waals surface area contributed by atoms with Gasteiger partial charge in [-0.25, -0.2) is 0 Å². The molecule has 2 fully saturated rings. The molecule has 3 rings (SSSR count). The summed E-state index contributed by atoms with van der Waals surface area (Å²) in [5.41, 5.74) is 1.39. The highest BCUT2D eigenvalue weighted by Crippen LogP contribution is 2.32. The van der Waals surface area contributed by atoms with Crippen molar-refractivity contribution in [1.29, 1.82) is 0 Å². The predicted octanol–water partition coefficient (Wildman–Crippen LogP) is 3.26. The number of rotatable bonds is 3. The van der Waals surface area contributed by atoms with Crippen molar-refractivity contribution in [3.05, 3.63) is 47.5 Å². The van der Waals surface area contributed by atoms with Crippen LogP contribution in [0.4, 0.5) is 0 Å². The average Bonchev–Trinajstić information content (AvgIpc) is 2.85. The lowest BCUT2D eigenvalue weighted by molar-refractivity contribution is 0.0587. The molecule has 0 bridgehead atoms. The Hall–Kier alpha value is -0.830. The normalized spacial score (nSPS) is 28.3. The number of nitrogens with zero attached hydrogens (tertiary/aromatic N) is 2. The standard InChI is InChI=1S/C16H21ClN2/c1-13(17)10-19-11-15-8-5-9-18(15)12-16(19)14-6-3-2-4-7-14/h2-4,6-7,15-16H,1,5,8-12H2. The molecule has 2 aliphatic heterocycles. The Balaban J connectivity index is 1.83. The topological polar surface area (TPSA) is 6.48 Å². The molecule has 102 valence electrons. The van der Waals surface area contributed by atoms with E-state index in [1.807, 2.05) is 0 Å². The number of piperazine rings is 1. The third-order valence-corrected chi connectivity index (χ3v) is 4.47. The molecule has 0 N–H and O–H groups in total. The van der Waals surface area contributed by atoms with Crippen LogP contribution >= 0.6 is 11.6 Å². The summed E-state index contributed by atoms with van der Waals surface area (Å²) in [7, 11) is 0. The summed E-state index contributed by atoms with van der Waals surface area (Å²) in [5, 5.41) is 0.743. The van der Waals surface area contributed by atoms with E-state index in [0.717, 1.165) is 30.7 Å². The molecule has 0 saturated carbocycles. The molecule has 0 radical (unpaired) electrons. The lowest BCUT2D eigenvalue weighted by Gasteiger charge is -2.44. The van der Waals surface area contributed by atoms with Crippen LogP contribution in [0.5, 0.6) is 0 Å². The second-order valence-corrected chi connectivity index (χ2v) is 6.20. The number of fused-ring (bicyclic) bond motifs is 1. The summed E-state index contributed by atoms with van der Waals surface area (Å²) >= 11 is 6.06. The van der Waals surface area contributed by atoms with E-state index in [1.54, 1.807) is 0 Å². The largest absolute Gasteiger partial charge is 0.297 e. The zero-order valence-corrected chi connectivity index (χ0v) is 12.0. The molecule has 2 heterocycles. The fraction of sp³-hybridized carbons (Fsp3) is 0.500. The quantitative estimate of drug-likeness (QED) is 0.836. The van der Waals surface area contributed by atoms with Crippen molar-refractivity contribution < 1.29 is 0 Å². The Kier molecular flexibility index (Phi) is 3.92. The van der Waals surface area contributed by atoms with Gasteiger partial charge in [0.1, 0.15) is 0 Å². The van der Waals surface area contributed by atoms with Gasteiger partial charge in [0, 0.05) is 36.8 Å². The lowest BCUT2D eigenvalue weighted by Crippen LogP contribution is -2.51. The van der Waals surface area contributed by atoms with Gasteiger partial charge in [0.05, 0.1) is 0 Å². The highest BCUT2D eigenvalue weighted by atomic mass is 35.5. The van der Waals surface area contributed by atoms with E-state index in [0.29, 0.717) is 6.04 Å². The molecule has 0 amide bonds. The molecule has 2 atom stereocenters. The van der Waals surface area contributed by atoms with Crippen molar-refractivity contribution in [2.75, 3.05) is 26.2 Å². The zero-order valence-electron chi connectivity index (χ0n) is 11.3. The maximum Gasteiger partial charge on any atom is 0.0479 e. The average molecular weight is 277 g/mol. The minimum absolute atomic E-state index is 0.450. The molecule has 19 heavy (non-hydrogen) atoms. The first-order valence-electron chi connectivity index (χ1n) is 7.10. The number of hydrogen-bond acceptors (Lipinski definition) is 2. The van der Waals surface area contributed by atoms with Gasteiger partial charge in [-0.2, -0.15) is 0 Å². The zero-order chi connectivity index (χ0) is 13.2. The van der Waals surface area contributed by atoms with Crippen LogP contribution in [-0.2, 0) is 0 Å². The second kappa shape index (κ2) is 5.66. The lowest BCUT2D eigenvalue weighted by atomic mass is 10.00. The van der Waals surface area contributed by atoms with Crippen molar-refractivity contribution >= 4 is 11.6 Å².